The van der Waals surface area contributed by atoms with Crippen molar-refractivity contribution >= 4 is 45.0 Å². The minimum absolute atomic E-state index is 0.0164. The largest absolute Gasteiger partial charge is 0.484 e. The second-order valence-corrected chi connectivity index (χ2v) is 18.0. The van der Waals surface area contributed by atoms with Gasteiger partial charge in [0.05, 0.1) is 12.2 Å². The molecule has 15 nitrogen and oxygen atoms in total. The lowest BCUT2D eigenvalue weighted by Gasteiger charge is -2.36. The Morgan fingerprint density at radius 3 is 2.31 bits per heavy atom. The van der Waals surface area contributed by atoms with Crippen LogP contribution >= 0.6 is 0 Å². The summed E-state index contributed by atoms with van der Waals surface area (Å²) in [5.41, 5.74) is -0.507. The standard InChI is InChI=1S/C38H50N6O9S/c1-11-25-20-38(25,34(47)42-54(49,50)43(9)10)40-32(45)28-19-26(21-44(28)33(46)31(36(3,4)5)39-35(48)52-37(6,7)8)51-29-18-24(23-15-13-12-14-16-23)17-27-22(2)41-53-30(27)29/h11-18,25-26,28,31H,1,19-21H2,2-10H3,(H,39,48)(H,40,45)(H,42,47)/t25-,26-,28+,31-,38-/m1/s1. The van der Waals surface area contributed by atoms with Gasteiger partial charge in [0, 0.05) is 31.8 Å². The third kappa shape index (κ3) is 8.54. The van der Waals surface area contributed by atoms with Crippen LogP contribution < -0.4 is 20.1 Å². The van der Waals surface area contributed by atoms with Crippen molar-refractivity contribution in [2.75, 3.05) is 20.6 Å². The van der Waals surface area contributed by atoms with E-state index in [4.69, 9.17) is 14.0 Å². The number of aryl methyl sites for hydroxylation is 1. The molecule has 1 aromatic heterocycles. The Hall–Kier alpha value is -4.96. The number of aromatic nitrogens is 1. The van der Waals surface area contributed by atoms with Crippen LogP contribution in [0.15, 0.2) is 59.6 Å². The molecule has 1 saturated carbocycles. The lowest BCUT2D eigenvalue weighted by Crippen LogP contribution is -2.60. The molecule has 0 bridgehead atoms. The van der Waals surface area contributed by atoms with Crippen molar-refractivity contribution in [3.63, 3.8) is 0 Å². The number of carbonyl (C=O) groups excluding carboxylic acids is 4. The number of ether oxygens (including phenoxy) is 2. The van der Waals surface area contributed by atoms with E-state index in [1.54, 1.807) is 41.5 Å². The highest BCUT2D eigenvalue weighted by atomic mass is 32.2. The molecule has 1 aliphatic heterocycles. The number of likely N-dealkylation sites (tertiary alicyclic amines) is 1. The van der Waals surface area contributed by atoms with Crippen LogP contribution in [0.5, 0.6) is 5.75 Å². The van der Waals surface area contributed by atoms with Gasteiger partial charge in [-0.1, -0.05) is 62.3 Å². The molecule has 2 fully saturated rings. The molecule has 16 heteroatoms. The Balaban J connectivity index is 1.50. The van der Waals surface area contributed by atoms with E-state index in [9.17, 15) is 27.6 Å². The first kappa shape index (κ1) is 40.2. The molecule has 1 saturated heterocycles. The Bertz CT molecular complexity index is 2050. The van der Waals surface area contributed by atoms with Gasteiger partial charge in [0.1, 0.15) is 29.3 Å². The highest BCUT2D eigenvalue weighted by molar-refractivity contribution is 7.87. The number of nitrogens with one attached hydrogen (secondary N) is 3. The highest BCUT2D eigenvalue weighted by Gasteiger charge is 2.61. The van der Waals surface area contributed by atoms with Crippen molar-refractivity contribution < 1.29 is 41.6 Å². The van der Waals surface area contributed by atoms with Crippen LogP contribution in [0.2, 0.25) is 0 Å². The molecule has 3 aromatic rings. The van der Waals surface area contributed by atoms with E-state index in [1.165, 1.54) is 25.1 Å². The zero-order chi connectivity index (χ0) is 40.0. The lowest BCUT2D eigenvalue weighted by molar-refractivity contribution is -0.143. The van der Waals surface area contributed by atoms with Crippen LogP contribution in [0.3, 0.4) is 0 Å². The van der Waals surface area contributed by atoms with E-state index in [0.29, 0.717) is 17.0 Å². The molecule has 0 radical (unpaired) electrons. The normalized spacial score (nSPS) is 22.0. The zero-order valence-corrected chi connectivity index (χ0v) is 33.0. The summed E-state index contributed by atoms with van der Waals surface area (Å²) in [6.07, 6.45) is -0.0281. The lowest BCUT2D eigenvalue weighted by atomic mass is 9.85. The SMILES string of the molecule is C=C[C@@H]1C[C@]1(NC(=O)[C@@H]1C[C@@H](Oc2cc(-c3ccccc3)cc3c(C)noc23)CN1C(=O)[C@@H](NC(=O)OC(C)(C)C)C(C)(C)C)C(=O)NS(=O)(=O)N(C)C. The van der Waals surface area contributed by atoms with Crippen LogP contribution in [-0.4, -0.2) is 96.6 Å². The first-order chi connectivity index (χ1) is 25.1. The number of hydrogen-bond acceptors (Lipinski definition) is 10. The van der Waals surface area contributed by atoms with Gasteiger partial charge < -0.3 is 29.5 Å². The van der Waals surface area contributed by atoms with Gasteiger partial charge in [-0.25, -0.2) is 9.52 Å². The van der Waals surface area contributed by atoms with Crippen LogP contribution in [0.1, 0.15) is 60.1 Å². The molecule has 1 aliphatic carbocycles. The molecule has 0 unspecified atom stereocenters. The molecule has 2 aliphatic rings. The zero-order valence-electron chi connectivity index (χ0n) is 32.2. The van der Waals surface area contributed by atoms with Gasteiger partial charge in [-0.15, -0.1) is 6.58 Å². The van der Waals surface area contributed by atoms with Gasteiger partial charge in [0.2, 0.25) is 17.4 Å². The van der Waals surface area contributed by atoms with Crippen molar-refractivity contribution in [2.24, 2.45) is 11.3 Å². The Morgan fingerprint density at radius 2 is 1.74 bits per heavy atom. The third-order valence-corrected chi connectivity index (χ3v) is 10.9. The fraction of sp³-hybridized carbons (Fsp3) is 0.500. The molecular formula is C38H50N6O9S. The summed E-state index contributed by atoms with van der Waals surface area (Å²) in [5.74, 6) is -2.44. The number of carbonyl (C=O) groups is 4. The van der Waals surface area contributed by atoms with E-state index < -0.39 is 74.7 Å². The number of rotatable bonds is 11. The summed E-state index contributed by atoms with van der Waals surface area (Å²) in [5, 5.41) is 10.3. The first-order valence-electron chi connectivity index (χ1n) is 17.7. The summed E-state index contributed by atoms with van der Waals surface area (Å²) in [6.45, 7) is 15.9. The van der Waals surface area contributed by atoms with Crippen LogP contribution in [0, 0.1) is 18.3 Å². The van der Waals surface area contributed by atoms with E-state index in [0.717, 1.165) is 20.8 Å². The van der Waals surface area contributed by atoms with Crippen LogP contribution in [0.4, 0.5) is 4.79 Å². The molecule has 4 amide bonds. The maximum atomic E-state index is 14.6. The van der Waals surface area contributed by atoms with Crippen LogP contribution in [-0.2, 0) is 29.3 Å². The Kier molecular flexibility index (Phi) is 11.0. The summed E-state index contributed by atoms with van der Waals surface area (Å²) in [4.78, 5) is 56.7. The highest BCUT2D eigenvalue weighted by Crippen LogP contribution is 2.45. The molecule has 2 heterocycles. The van der Waals surface area contributed by atoms with Gasteiger partial charge in [0.15, 0.2) is 5.75 Å². The predicted molar refractivity (Wildman–Crippen MR) is 201 cm³/mol. The second-order valence-electron chi connectivity index (χ2n) is 16.1. The van der Waals surface area contributed by atoms with Crippen molar-refractivity contribution in [1.29, 1.82) is 0 Å². The van der Waals surface area contributed by atoms with E-state index in [2.05, 4.69) is 22.4 Å². The summed E-state index contributed by atoms with van der Waals surface area (Å²) in [7, 11) is -1.66. The molecule has 5 atom stereocenters. The van der Waals surface area contributed by atoms with E-state index in [-0.39, 0.29) is 19.4 Å². The smallest absolute Gasteiger partial charge is 0.408 e. The number of benzene rings is 2. The number of nitrogens with zero attached hydrogens (tertiary/aromatic N) is 3. The second kappa shape index (κ2) is 14.7. The number of fused-ring (bicyclic) bond motifs is 1. The van der Waals surface area contributed by atoms with Crippen LogP contribution in [0.25, 0.3) is 22.1 Å². The summed E-state index contributed by atoms with van der Waals surface area (Å²) in [6, 6.07) is 11.1. The van der Waals surface area contributed by atoms with E-state index >= 15 is 0 Å². The quantitative estimate of drug-likeness (QED) is 0.240. The van der Waals surface area contributed by atoms with Gasteiger partial charge in [-0.2, -0.15) is 12.7 Å². The van der Waals surface area contributed by atoms with Gasteiger partial charge >= 0.3 is 16.3 Å². The number of amides is 4. The summed E-state index contributed by atoms with van der Waals surface area (Å²) < 4.78 is 45.8. The topological polar surface area (TPSA) is 189 Å². The van der Waals surface area contributed by atoms with Gasteiger partial charge in [0.25, 0.3) is 5.91 Å². The average Bonchev–Trinajstić information content (AvgIpc) is 3.41. The number of hydrogen-bond donors (Lipinski definition) is 3. The minimum Gasteiger partial charge on any atom is -0.484 e. The average molecular weight is 767 g/mol. The first-order valence-corrected chi connectivity index (χ1v) is 19.1. The minimum atomic E-state index is -4.19. The third-order valence-electron chi connectivity index (χ3n) is 9.49. The Labute approximate surface area is 315 Å². The summed E-state index contributed by atoms with van der Waals surface area (Å²) >= 11 is 0. The number of alkyl carbamates (subject to hydrolysis) is 1. The molecule has 5 rings (SSSR count). The van der Waals surface area contributed by atoms with Gasteiger partial charge in [-0.05, 0) is 62.8 Å². The Morgan fingerprint density at radius 1 is 1.07 bits per heavy atom. The maximum absolute atomic E-state index is 14.6. The molecule has 3 N–H and O–H groups in total. The van der Waals surface area contributed by atoms with Crippen molar-refractivity contribution in [1.82, 2.24) is 29.7 Å². The predicted octanol–water partition coefficient (Wildman–Crippen LogP) is 4.07. The maximum Gasteiger partial charge on any atom is 0.408 e. The molecule has 0 spiro atoms. The van der Waals surface area contributed by atoms with Crippen molar-refractivity contribution in [2.45, 2.75) is 90.6 Å². The molecular weight excluding hydrogens is 717 g/mol. The fourth-order valence-corrected chi connectivity index (χ4v) is 7.04. The molecule has 292 valence electrons. The molecule has 54 heavy (non-hydrogen) atoms. The van der Waals surface area contributed by atoms with Crippen molar-refractivity contribution in [3.05, 3.63) is 60.8 Å². The van der Waals surface area contributed by atoms with Crippen molar-refractivity contribution in [3.8, 4) is 16.9 Å². The fourth-order valence-electron chi connectivity index (χ4n) is 6.44. The van der Waals surface area contributed by atoms with Gasteiger partial charge in [-0.3, -0.25) is 14.4 Å². The monoisotopic (exact) mass is 766 g/mol. The van der Waals surface area contributed by atoms with E-state index in [1.807, 2.05) is 54.1 Å². The molecule has 2 aromatic carbocycles.